The number of rotatable bonds is 0. The fraction of sp³-hybridized carbons (Fsp3) is 0.300. The molecule has 1 N–H and O–H groups in total. The van der Waals surface area contributed by atoms with Crippen molar-refractivity contribution in [1.82, 2.24) is 14.7 Å². The first-order valence-corrected chi connectivity index (χ1v) is 4.61. The van der Waals surface area contributed by atoms with Crippen molar-refractivity contribution in [1.29, 1.82) is 0 Å². The molecule has 2 aromatic heterocycles. The summed E-state index contributed by atoms with van der Waals surface area (Å²) in [6, 6.07) is 6.13. The van der Waals surface area contributed by atoms with E-state index in [0.717, 1.165) is 25.2 Å². The minimum atomic E-state index is 0. The summed E-state index contributed by atoms with van der Waals surface area (Å²) in [7, 11) is 0. The van der Waals surface area contributed by atoms with Crippen LogP contribution in [0, 0.1) is 0 Å². The molecule has 0 spiro atoms. The van der Waals surface area contributed by atoms with Crippen LogP contribution in [-0.2, 0) is 13.0 Å². The minimum absolute atomic E-state index is 0. The molecule has 3 heterocycles. The van der Waals surface area contributed by atoms with E-state index in [-0.39, 0.29) is 12.4 Å². The Morgan fingerprint density at radius 1 is 1.36 bits per heavy atom. The highest BCUT2D eigenvalue weighted by Gasteiger charge is 2.14. The fourth-order valence-corrected chi connectivity index (χ4v) is 1.90. The van der Waals surface area contributed by atoms with Gasteiger partial charge in [-0.3, -0.25) is 0 Å². The van der Waals surface area contributed by atoms with E-state index in [0.29, 0.717) is 0 Å². The van der Waals surface area contributed by atoms with Crippen LogP contribution in [0.4, 0.5) is 0 Å². The average Bonchev–Trinajstić information content (AvgIpc) is 2.56. The molecular formula is C10H12ClN3. The van der Waals surface area contributed by atoms with Gasteiger partial charge in [-0.05, 0) is 12.1 Å². The van der Waals surface area contributed by atoms with Gasteiger partial charge in [-0.1, -0.05) is 6.07 Å². The lowest BCUT2D eigenvalue weighted by molar-refractivity contribution is 0.621. The Morgan fingerprint density at radius 2 is 2.29 bits per heavy atom. The first-order chi connectivity index (χ1) is 6.45. The standard InChI is InChI=1S/C10H11N3.ClH/c1-2-6-13-9-7-11-5-4-8(9)12-10(13)3-1;/h1-3,6,11H,4-5,7H2;1H. The van der Waals surface area contributed by atoms with Gasteiger partial charge in [-0.2, -0.15) is 0 Å². The third-order valence-corrected chi connectivity index (χ3v) is 2.54. The highest BCUT2D eigenvalue weighted by atomic mass is 35.5. The summed E-state index contributed by atoms with van der Waals surface area (Å²) >= 11 is 0. The summed E-state index contributed by atoms with van der Waals surface area (Å²) < 4.78 is 2.17. The SMILES string of the molecule is Cl.c1ccn2c3c(nc2c1)CCNC3. The summed E-state index contributed by atoms with van der Waals surface area (Å²) in [5.74, 6) is 0. The van der Waals surface area contributed by atoms with E-state index in [1.165, 1.54) is 11.4 Å². The van der Waals surface area contributed by atoms with E-state index in [4.69, 9.17) is 0 Å². The molecular weight excluding hydrogens is 198 g/mol. The average molecular weight is 210 g/mol. The largest absolute Gasteiger partial charge is 0.311 e. The monoisotopic (exact) mass is 209 g/mol. The Balaban J connectivity index is 0.000000750. The van der Waals surface area contributed by atoms with Crippen molar-refractivity contribution >= 4 is 18.1 Å². The molecule has 1 aliphatic heterocycles. The van der Waals surface area contributed by atoms with Gasteiger partial charge in [-0.15, -0.1) is 12.4 Å². The number of nitrogens with zero attached hydrogens (tertiary/aromatic N) is 2. The zero-order chi connectivity index (χ0) is 8.67. The van der Waals surface area contributed by atoms with Crippen molar-refractivity contribution in [2.24, 2.45) is 0 Å². The Kier molecular flexibility index (Phi) is 2.44. The van der Waals surface area contributed by atoms with Gasteiger partial charge in [0, 0.05) is 25.7 Å². The molecule has 0 aromatic carbocycles. The van der Waals surface area contributed by atoms with Crippen LogP contribution in [0.5, 0.6) is 0 Å². The van der Waals surface area contributed by atoms with Crippen molar-refractivity contribution in [3.8, 4) is 0 Å². The Hall–Kier alpha value is -1.06. The van der Waals surface area contributed by atoms with Gasteiger partial charge in [0.2, 0.25) is 0 Å². The lowest BCUT2D eigenvalue weighted by Gasteiger charge is -2.11. The van der Waals surface area contributed by atoms with Crippen LogP contribution in [0.1, 0.15) is 11.4 Å². The van der Waals surface area contributed by atoms with Gasteiger partial charge in [0.15, 0.2) is 0 Å². The second-order valence-corrected chi connectivity index (χ2v) is 3.36. The third-order valence-electron chi connectivity index (χ3n) is 2.54. The van der Waals surface area contributed by atoms with E-state index in [2.05, 4.69) is 27.0 Å². The van der Waals surface area contributed by atoms with Crippen molar-refractivity contribution in [3.63, 3.8) is 0 Å². The molecule has 0 atom stereocenters. The molecule has 0 saturated heterocycles. The van der Waals surface area contributed by atoms with Crippen LogP contribution >= 0.6 is 12.4 Å². The summed E-state index contributed by atoms with van der Waals surface area (Å²) in [6.45, 7) is 2.00. The Labute approximate surface area is 88.6 Å². The summed E-state index contributed by atoms with van der Waals surface area (Å²) in [5.41, 5.74) is 3.64. The molecule has 0 fully saturated rings. The van der Waals surface area contributed by atoms with Gasteiger partial charge in [0.05, 0.1) is 11.4 Å². The number of hydrogen-bond acceptors (Lipinski definition) is 2. The molecule has 2 aromatic rings. The number of pyridine rings is 1. The molecule has 4 heteroatoms. The van der Waals surface area contributed by atoms with Crippen LogP contribution < -0.4 is 5.32 Å². The van der Waals surface area contributed by atoms with E-state index < -0.39 is 0 Å². The third kappa shape index (κ3) is 1.29. The summed E-state index contributed by atoms with van der Waals surface area (Å²) in [6.07, 6.45) is 3.13. The van der Waals surface area contributed by atoms with Gasteiger partial charge in [0.25, 0.3) is 0 Å². The molecule has 0 unspecified atom stereocenters. The quantitative estimate of drug-likeness (QED) is 0.711. The summed E-state index contributed by atoms with van der Waals surface area (Å²) in [5, 5.41) is 3.36. The molecule has 0 bridgehead atoms. The van der Waals surface area contributed by atoms with Crippen molar-refractivity contribution < 1.29 is 0 Å². The maximum absolute atomic E-state index is 4.58. The lowest BCUT2D eigenvalue weighted by atomic mass is 10.2. The van der Waals surface area contributed by atoms with Gasteiger partial charge in [-0.25, -0.2) is 4.98 Å². The van der Waals surface area contributed by atoms with Gasteiger partial charge < -0.3 is 9.72 Å². The van der Waals surface area contributed by atoms with Crippen LogP contribution in [0.2, 0.25) is 0 Å². The predicted molar refractivity (Wildman–Crippen MR) is 57.9 cm³/mol. The van der Waals surface area contributed by atoms with Gasteiger partial charge in [0.1, 0.15) is 5.65 Å². The van der Waals surface area contributed by atoms with E-state index in [9.17, 15) is 0 Å². The number of fused-ring (bicyclic) bond motifs is 3. The molecule has 3 rings (SSSR count). The first-order valence-electron chi connectivity index (χ1n) is 4.61. The number of hydrogen-bond donors (Lipinski definition) is 1. The lowest BCUT2D eigenvalue weighted by Crippen LogP contribution is -2.24. The van der Waals surface area contributed by atoms with Crippen LogP contribution in [0.15, 0.2) is 24.4 Å². The van der Waals surface area contributed by atoms with Crippen LogP contribution in [0.25, 0.3) is 5.65 Å². The molecule has 3 nitrogen and oxygen atoms in total. The zero-order valence-corrected chi connectivity index (χ0v) is 8.55. The maximum atomic E-state index is 4.58. The number of aromatic nitrogens is 2. The fourth-order valence-electron chi connectivity index (χ4n) is 1.90. The number of imidazole rings is 1. The molecule has 14 heavy (non-hydrogen) atoms. The van der Waals surface area contributed by atoms with E-state index in [1.54, 1.807) is 0 Å². The Morgan fingerprint density at radius 3 is 3.21 bits per heavy atom. The summed E-state index contributed by atoms with van der Waals surface area (Å²) in [4.78, 5) is 4.58. The van der Waals surface area contributed by atoms with E-state index >= 15 is 0 Å². The number of halogens is 1. The smallest absolute Gasteiger partial charge is 0.137 e. The van der Waals surface area contributed by atoms with Gasteiger partial charge >= 0.3 is 0 Å². The first kappa shape index (κ1) is 9.49. The van der Waals surface area contributed by atoms with Crippen molar-refractivity contribution in [2.45, 2.75) is 13.0 Å². The molecule has 0 saturated carbocycles. The van der Waals surface area contributed by atoms with Crippen molar-refractivity contribution in [2.75, 3.05) is 6.54 Å². The zero-order valence-electron chi connectivity index (χ0n) is 7.73. The molecule has 0 radical (unpaired) electrons. The van der Waals surface area contributed by atoms with E-state index in [1.807, 2.05) is 12.1 Å². The van der Waals surface area contributed by atoms with Crippen LogP contribution in [0.3, 0.4) is 0 Å². The second kappa shape index (κ2) is 3.59. The molecule has 0 amide bonds. The Bertz CT molecular complexity index is 450. The normalized spacial score (nSPS) is 14.9. The molecule has 0 aliphatic carbocycles. The predicted octanol–water partition coefficient (Wildman–Crippen LogP) is 1.40. The second-order valence-electron chi connectivity index (χ2n) is 3.36. The highest BCUT2D eigenvalue weighted by Crippen LogP contribution is 2.15. The minimum Gasteiger partial charge on any atom is -0.311 e. The topological polar surface area (TPSA) is 29.3 Å². The van der Waals surface area contributed by atoms with Crippen molar-refractivity contribution in [3.05, 3.63) is 35.8 Å². The number of nitrogens with one attached hydrogen (secondary N) is 1. The highest BCUT2D eigenvalue weighted by molar-refractivity contribution is 5.85. The van der Waals surface area contributed by atoms with Crippen LogP contribution in [-0.4, -0.2) is 15.9 Å². The molecule has 74 valence electrons. The molecule has 1 aliphatic rings. The maximum Gasteiger partial charge on any atom is 0.137 e.